The molecule has 5 aliphatic rings. The minimum Gasteiger partial charge on any atom is -0.343 e. The van der Waals surface area contributed by atoms with Gasteiger partial charge in [0.15, 0.2) is 0 Å². The first kappa shape index (κ1) is 27.3. The van der Waals surface area contributed by atoms with Crippen molar-refractivity contribution < 1.29 is 28.8 Å². The highest BCUT2D eigenvalue weighted by molar-refractivity contribution is 6.05. The van der Waals surface area contributed by atoms with Gasteiger partial charge in [0.1, 0.15) is 12.1 Å². The molecule has 2 fully saturated rings. The number of carbonyl (C=O) groups is 6. The van der Waals surface area contributed by atoms with E-state index in [2.05, 4.69) is 22.8 Å². The van der Waals surface area contributed by atoms with E-state index < -0.39 is 12.1 Å². The number of hydrogen-bond acceptors (Lipinski definition) is 6. The Morgan fingerprint density at radius 3 is 1.31 bits per heavy atom. The molecule has 0 aromatic heterocycles. The summed E-state index contributed by atoms with van der Waals surface area (Å²) in [5.74, 6) is -1.66. The quantitative estimate of drug-likeness (QED) is 0.294. The summed E-state index contributed by atoms with van der Waals surface area (Å²) < 4.78 is 0. The summed E-state index contributed by atoms with van der Waals surface area (Å²) in [6.07, 6.45) is 14.4. The zero-order valence-electron chi connectivity index (χ0n) is 20.7. The molecule has 0 aromatic rings. The number of nitrogens with zero attached hydrogens (tertiary/aromatic N) is 2. The molecule has 0 radical (unpaired) electrons. The number of imide groups is 2. The topological polar surface area (TPSA) is 133 Å². The van der Waals surface area contributed by atoms with E-state index in [4.69, 9.17) is 0 Å². The standard InChI is InChI=1S/C26H36N4O6/c31-21-13-9-5-3-1-2-4-6-10-14-22(32)28-20-18-30(26(20)36)24(34)16-12-8-7-11-15-23(33)29-17-19(27-21)25(29)35/h1-2,7-8,19-20H,3-6,9-18H2,(H,27,31)(H,28,32)/b2-1+,8-7+/t19-,20-/m0/s1. The van der Waals surface area contributed by atoms with Crippen molar-refractivity contribution in [3.05, 3.63) is 24.3 Å². The van der Waals surface area contributed by atoms with Crippen LogP contribution in [-0.2, 0) is 28.8 Å². The van der Waals surface area contributed by atoms with E-state index in [1.54, 1.807) is 12.2 Å². The predicted octanol–water partition coefficient (Wildman–Crippen LogP) is 1.50. The Balaban J connectivity index is 1.47. The molecule has 5 aliphatic heterocycles. The van der Waals surface area contributed by atoms with Gasteiger partial charge >= 0.3 is 0 Å². The summed E-state index contributed by atoms with van der Waals surface area (Å²) in [6, 6.07) is -1.25. The second-order valence-corrected chi connectivity index (χ2v) is 9.44. The van der Waals surface area contributed by atoms with Crippen LogP contribution in [0.15, 0.2) is 24.3 Å². The summed E-state index contributed by atoms with van der Waals surface area (Å²) >= 11 is 0. The largest absolute Gasteiger partial charge is 0.343 e. The molecule has 5 rings (SSSR count). The number of carbonyl (C=O) groups excluding carboxylic acids is 6. The highest BCUT2D eigenvalue weighted by Crippen LogP contribution is 2.16. The molecule has 2 atom stereocenters. The van der Waals surface area contributed by atoms with E-state index in [1.807, 2.05) is 0 Å². The smallest absolute Gasteiger partial charge is 0.253 e. The molecular weight excluding hydrogens is 464 g/mol. The van der Waals surface area contributed by atoms with Gasteiger partial charge in [0.2, 0.25) is 23.6 Å². The summed E-state index contributed by atoms with van der Waals surface area (Å²) in [5, 5.41) is 5.40. The average molecular weight is 501 g/mol. The van der Waals surface area contributed by atoms with Crippen molar-refractivity contribution in [1.29, 1.82) is 0 Å². The number of nitrogens with one attached hydrogen (secondary N) is 2. The molecule has 0 aromatic carbocycles. The molecule has 196 valence electrons. The van der Waals surface area contributed by atoms with Gasteiger partial charge in [-0.3, -0.25) is 38.6 Å². The number of rotatable bonds is 0. The monoisotopic (exact) mass is 500 g/mol. The summed E-state index contributed by atoms with van der Waals surface area (Å²) in [6.45, 7) is 0.408. The SMILES string of the molecule is O=C1CCCC/C=C/CCCCC(=O)N[C@H]2CN(C(=O)CC/C=C/CCC(=O)N3C[C@H](N1)C3=O)C2=O. The third-order valence-corrected chi connectivity index (χ3v) is 6.56. The maximum atomic E-state index is 12.2. The summed E-state index contributed by atoms with van der Waals surface area (Å²) in [7, 11) is 0. The first-order valence-corrected chi connectivity index (χ1v) is 12.9. The predicted molar refractivity (Wildman–Crippen MR) is 131 cm³/mol. The first-order valence-electron chi connectivity index (χ1n) is 12.9. The lowest BCUT2D eigenvalue weighted by Crippen LogP contribution is -2.65. The third kappa shape index (κ3) is 7.86. The van der Waals surface area contributed by atoms with Crippen LogP contribution in [0.2, 0.25) is 0 Å². The molecule has 0 spiro atoms. The molecule has 10 heteroatoms. The van der Waals surface area contributed by atoms with Crippen molar-refractivity contribution in [3.63, 3.8) is 0 Å². The highest BCUT2D eigenvalue weighted by atomic mass is 16.2. The molecule has 2 saturated heterocycles. The Morgan fingerprint density at radius 1 is 0.528 bits per heavy atom. The Morgan fingerprint density at radius 2 is 0.917 bits per heavy atom. The van der Waals surface area contributed by atoms with Crippen LogP contribution >= 0.6 is 0 Å². The minimum atomic E-state index is -0.624. The highest BCUT2D eigenvalue weighted by Gasteiger charge is 2.41. The Hall–Kier alpha value is -3.30. The second-order valence-electron chi connectivity index (χ2n) is 9.44. The fourth-order valence-electron chi connectivity index (χ4n) is 4.30. The Labute approximate surface area is 211 Å². The normalized spacial score (nSPS) is 28.1. The van der Waals surface area contributed by atoms with Crippen LogP contribution in [0.25, 0.3) is 0 Å². The maximum Gasteiger partial charge on any atom is 0.253 e. The maximum absolute atomic E-state index is 12.2. The van der Waals surface area contributed by atoms with E-state index in [-0.39, 0.29) is 61.4 Å². The van der Waals surface area contributed by atoms with E-state index in [0.717, 1.165) is 48.3 Å². The van der Waals surface area contributed by atoms with Gasteiger partial charge in [0.25, 0.3) is 11.8 Å². The van der Waals surface area contributed by atoms with Crippen molar-refractivity contribution in [2.75, 3.05) is 13.1 Å². The molecule has 4 bridgehead atoms. The first-order chi connectivity index (χ1) is 17.4. The lowest BCUT2D eigenvalue weighted by atomic mass is 10.0. The molecule has 36 heavy (non-hydrogen) atoms. The molecule has 6 amide bonds. The lowest BCUT2D eigenvalue weighted by Gasteiger charge is -2.37. The fourth-order valence-corrected chi connectivity index (χ4v) is 4.30. The molecule has 0 unspecified atom stereocenters. The second kappa shape index (κ2) is 13.7. The van der Waals surface area contributed by atoms with Crippen LogP contribution in [0.3, 0.4) is 0 Å². The van der Waals surface area contributed by atoms with Gasteiger partial charge in [-0.15, -0.1) is 0 Å². The van der Waals surface area contributed by atoms with E-state index >= 15 is 0 Å². The van der Waals surface area contributed by atoms with Gasteiger partial charge in [0.05, 0.1) is 13.1 Å². The van der Waals surface area contributed by atoms with Crippen LogP contribution in [0.4, 0.5) is 0 Å². The van der Waals surface area contributed by atoms with Gasteiger partial charge in [-0.25, -0.2) is 0 Å². The van der Waals surface area contributed by atoms with Gasteiger partial charge in [0, 0.05) is 25.7 Å². The molecule has 10 nitrogen and oxygen atoms in total. The van der Waals surface area contributed by atoms with Crippen molar-refractivity contribution in [1.82, 2.24) is 20.4 Å². The summed E-state index contributed by atoms with van der Waals surface area (Å²) in [4.78, 5) is 75.4. The van der Waals surface area contributed by atoms with Crippen molar-refractivity contribution in [2.45, 2.75) is 89.1 Å². The number of allylic oxidation sites excluding steroid dienone is 4. The van der Waals surface area contributed by atoms with Crippen LogP contribution in [0, 0.1) is 0 Å². The van der Waals surface area contributed by atoms with E-state index in [9.17, 15) is 28.8 Å². The number of amides is 6. The van der Waals surface area contributed by atoms with Crippen LogP contribution in [-0.4, -0.2) is 70.4 Å². The van der Waals surface area contributed by atoms with Crippen LogP contribution in [0.5, 0.6) is 0 Å². The van der Waals surface area contributed by atoms with Crippen LogP contribution in [0.1, 0.15) is 77.0 Å². The third-order valence-electron chi connectivity index (χ3n) is 6.56. The molecule has 0 aliphatic carbocycles. The van der Waals surface area contributed by atoms with Crippen molar-refractivity contribution >= 4 is 35.4 Å². The average Bonchev–Trinajstić information content (AvgIpc) is 2.85. The molecule has 0 saturated carbocycles. The number of β-lactam (4-membered cyclic amide) rings is 2. The zero-order valence-corrected chi connectivity index (χ0v) is 20.7. The van der Waals surface area contributed by atoms with Gasteiger partial charge in [-0.1, -0.05) is 24.3 Å². The summed E-state index contributed by atoms with van der Waals surface area (Å²) in [5.41, 5.74) is 0. The van der Waals surface area contributed by atoms with Crippen molar-refractivity contribution in [2.24, 2.45) is 0 Å². The Kier molecular flexibility index (Phi) is 10.4. The molecule has 2 N–H and O–H groups in total. The van der Waals surface area contributed by atoms with Gasteiger partial charge < -0.3 is 10.6 Å². The zero-order chi connectivity index (χ0) is 25.9. The van der Waals surface area contributed by atoms with Gasteiger partial charge in [-0.05, 0) is 51.4 Å². The van der Waals surface area contributed by atoms with Crippen molar-refractivity contribution in [3.8, 4) is 0 Å². The minimum absolute atomic E-state index is 0.163. The van der Waals surface area contributed by atoms with E-state index in [0.29, 0.717) is 25.7 Å². The van der Waals surface area contributed by atoms with E-state index in [1.165, 1.54) is 0 Å². The Bertz CT molecular complexity index is 855. The lowest BCUT2D eigenvalue weighted by molar-refractivity contribution is -0.158. The van der Waals surface area contributed by atoms with Gasteiger partial charge in [-0.2, -0.15) is 0 Å². The molecular formula is C26H36N4O6. The number of hydrogen-bond donors (Lipinski definition) is 2. The van der Waals surface area contributed by atoms with Crippen LogP contribution < -0.4 is 10.6 Å². The molecule has 5 heterocycles. The fraction of sp³-hybridized carbons (Fsp3) is 0.615.